The molecule has 1 aliphatic carbocycles. The van der Waals surface area contributed by atoms with E-state index in [1.807, 2.05) is 30.3 Å². The standard InChI is InChI=1S/C19H21NO4S/c21-18(13-25-12-15-5-4-10-22-15)20-14-6-7-16-17(11-14)24-19(23-16)8-2-1-3-9-19/h4-7,10-11H,1-3,8-9,12-13H2,(H,20,21). The number of hydrogen-bond acceptors (Lipinski definition) is 5. The van der Waals surface area contributed by atoms with Crippen LogP contribution in [0.5, 0.6) is 11.5 Å². The highest BCUT2D eigenvalue weighted by Gasteiger charge is 2.42. The molecule has 1 amide bonds. The number of benzene rings is 1. The highest BCUT2D eigenvalue weighted by Crippen LogP contribution is 2.46. The van der Waals surface area contributed by atoms with Crippen LogP contribution in [0.1, 0.15) is 37.9 Å². The number of carbonyl (C=O) groups excluding carboxylic acids is 1. The quantitative estimate of drug-likeness (QED) is 0.846. The van der Waals surface area contributed by atoms with Gasteiger partial charge in [-0.15, -0.1) is 11.8 Å². The zero-order valence-corrected chi connectivity index (χ0v) is 14.8. The van der Waals surface area contributed by atoms with E-state index in [0.717, 1.165) is 48.6 Å². The van der Waals surface area contributed by atoms with Gasteiger partial charge in [-0.3, -0.25) is 4.79 Å². The number of fused-ring (bicyclic) bond motifs is 1. The van der Waals surface area contributed by atoms with E-state index in [2.05, 4.69) is 5.32 Å². The minimum Gasteiger partial charge on any atom is -0.468 e. The van der Waals surface area contributed by atoms with E-state index in [4.69, 9.17) is 13.9 Å². The van der Waals surface area contributed by atoms with Crippen molar-refractivity contribution in [3.8, 4) is 11.5 Å². The van der Waals surface area contributed by atoms with Crippen LogP contribution >= 0.6 is 11.8 Å². The number of carbonyl (C=O) groups is 1. The highest BCUT2D eigenvalue weighted by molar-refractivity contribution is 7.99. The molecule has 1 aliphatic heterocycles. The van der Waals surface area contributed by atoms with Crippen LogP contribution in [0.25, 0.3) is 0 Å². The summed E-state index contributed by atoms with van der Waals surface area (Å²) in [6, 6.07) is 9.35. The zero-order chi connectivity index (χ0) is 17.1. The number of thioether (sulfide) groups is 1. The maximum Gasteiger partial charge on any atom is 0.251 e. The summed E-state index contributed by atoms with van der Waals surface area (Å²) in [4.78, 5) is 12.1. The lowest BCUT2D eigenvalue weighted by Crippen LogP contribution is -2.40. The van der Waals surface area contributed by atoms with E-state index in [1.54, 1.807) is 6.26 Å². The van der Waals surface area contributed by atoms with E-state index >= 15 is 0 Å². The molecule has 5 nitrogen and oxygen atoms in total. The van der Waals surface area contributed by atoms with Gasteiger partial charge in [0.05, 0.1) is 17.8 Å². The van der Waals surface area contributed by atoms with Crippen molar-refractivity contribution in [2.24, 2.45) is 0 Å². The summed E-state index contributed by atoms with van der Waals surface area (Å²) in [6.07, 6.45) is 6.98. The normalized spacial score (nSPS) is 17.6. The average molecular weight is 359 g/mol. The number of rotatable bonds is 5. The topological polar surface area (TPSA) is 60.7 Å². The molecule has 2 heterocycles. The highest BCUT2D eigenvalue weighted by atomic mass is 32.2. The fourth-order valence-corrected chi connectivity index (χ4v) is 4.03. The fourth-order valence-electron chi connectivity index (χ4n) is 3.30. The summed E-state index contributed by atoms with van der Waals surface area (Å²) >= 11 is 1.52. The summed E-state index contributed by atoms with van der Waals surface area (Å²) in [5.74, 6) is 2.90. The van der Waals surface area contributed by atoms with Crippen LogP contribution in [-0.4, -0.2) is 17.4 Å². The van der Waals surface area contributed by atoms with Crippen molar-refractivity contribution in [3.05, 3.63) is 42.4 Å². The maximum absolute atomic E-state index is 12.1. The van der Waals surface area contributed by atoms with E-state index in [9.17, 15) is 4.79 Å². The molecule has 1 aromatic carbocycles. The third kappa shape index (κ3) is 3.79. The Kier molecular flexibility index (Phi) is 4.61. The molecule has 0 radical (unpaired) electrons. The van der Waals surface area contributed by atoms with Gasteiger partial charge in [0, 0.05) is 24.6 Å². The van der Waals surface area contributed by atoms with Crippen molar-refractivity contribution in [1.82, 2.24) is 0 Å². The number of ether oxygens (including phenoxy) is 2. The molecular weight excluding hydrogens is 338 g/mol. The van der Waals surface area contributed by atoms with Gasteiger partial charge in [0.15, 0.2) is 11.5 Å². The van der Waals surface area contributed by atoms with E-state index in [0.29, 0.717) is 11.5 Å². The van der Waals surface area contributed by atoms with Crippen LogP contribution in [0.15, 0.2) is 41.0 Å². The van der Waals surface area contributed by atoms with Crippen LogP contribution in [0.4, 0.5) is 5.69 Å². The number of nitrogens with one attached hydrogen (secondary N) is 1. The van der Waals surface area contributed by atoms with Gasteiger partial charge in [0.25, 0.3) is 5.79 Å². The van der Waals surface area contributed by atoms with E-state index in [1.165, 1.54) is 18.2 Å². The monoisotopic (exact) mass is 359 g/mol. The van der Waals surface area contributed by atoms with Crippen molar-refractivity contribution < 1.29 is 18.7 Å². The lowest BCUT2D eigenvalue weighted by Gasteiger charge is -2.31. The first kappa shape index (κ1) is 16.4. The van der Waals surface area contributed by atoms with E-state index < -0.39 is 5.79 Å². The molecule has 0 bridgehead atoms. The van der Waals surface area contributed by atoms with Crippen molar-refractivity contribution >= 4 is 23.4 Å². The lowest BCUT2D eigenvalue weighted by molar-refractivity contribution is -0.113. The second-order valence-electron chi connectivity index (χ2n) is 6.46. The van der Waals surface area contributed by atoms with Crippen LogP contribution in [0.2, 0.25) is 0 Å². The predicted molar refractivity (Wildman–Crippen MR) is 97.0 cm³/mol. The van der Waals surface area contributed by atoms with Crippen LogP contribution in [0, 0.1) is 0 Å². The second kappa shape index (κ2) is 7.04. The molecule has 0 unspecified atom stereocenters. The van der Waals surface area contributed by atoms with E-state index in [-0.39, 0.29) is 5.91 Å². The van der Waals surface area contributed by atoms with Gasteiger partial charge in [-0.05, 0) is 37.1 Å². The summed E-state index contributed by atoms with van der Waals surface area (Å²) in [5, 5.41) is 2.92. The van der Waals surface area contributed by atoms with Crippen LogP contribution in [0.3, 0.4) is 0 Å². The molecule has 132 valence electrons. The largest absolute Gasteiger partial charge is 0.468 e. The third-order valence-corrected chi connectivity index (χ3v) is 5.45. The molecular formula is C19H21NO4S. The fraction of sp³-hybridized carbons (Fsp3) is 0.421. The number of furan rings is 1. The van der Waals surface area contributed by atoms with Gasteiger partial charge in [-0.25, -0.2) is 0 Å². The van der Waals surface area contributed by atoms with Crippen molar-refractivity contribution in [3.63, 3.8) is 0 Å². The first-order valence-electron chi connectivity index (χ1n) is 8.65. The molecule has 25 heavy (non-hydrogen) atoms. The van der Waals surface area contributed by atoms with Crippen molar-refractivity contribution in [2.75, 3.05) is 11.1 Å². The SMILES string of the molecule is O=C(CSCc1ccco1)Nc1ccc2c(c1)OC1(CCCCC1)O2. The van der Waals surface area contributed by atoms with Crippen molar-refractivity contribution in [1.29, 1.82) is 0 Å². The Morgan fingerprint density at radius 2 is 1.96 bits per heavy atom. The molecule has 2 aromatic rings. The molecule has 4 rings (SSSR count). The van der Waals surface area contributed by atoms with Gasteiger partial charge in [0.2, 0.25) is 5.91 Å². The molecule has 1 N–H and O–H groups in total. The Balaban J connectivity index is 1.32. The van der Waals surface area contributed by atoms with Gasteiger partial charge in [0.1, 0.15) is 5.76 Å². The number of amides is 1. The predicted octanol–water partition coefficient (Wildman–Crippen LogP) is 4.58. The molecule has 1 saturated carbocycles. The lowest BCUT2D eigenvalue weighted by atomic mass is 9.94. The summed E-state index contributed by atoms with van der Waals surface area (Å²) in [7, 11) is 0. The first-order chi connectivity index (χ1) is 12.2. The molecule has 2 aliphatic rings. The first-order valence-corrected chi connectivity index (χ1v) is 9.80. The summed E-state index contributed by atoms with van der Waals surface area (Å²) in [5.41, 5.74) is 0.735. The molecule has 0 atom stereocenters. The van der Waals surface area contributed by atoms with Crippen molar-refractivity contribution in [2.45, 2.75) is 43.6 Å². The third-order valence-electron chi connectivity index (χ3n) is 4.49. The molecule has 6 heteroatoms. The van der Waals surface area contributed by atoms with Gasteiger partial charge < -0.3 is 19.2 Å². The Hall–Kier alpha value is -2.08. The van der Waals surface area contributed by atoms with Gasteiger partial charge in [-0.2, -0.15) is 0 Å². The summed E-state index contributed by atoms with van der Waals surface area (Å²) < 4.78 is 17.4. The molecule has 1 aromatic heterocycles. The minimum absolute atomic E-state index is 0.0391. The Morgan fingerprint density at radius 3 is 2.76 bits per heavy atom. The average Bonchev–Trinajstić information content (AvgIpc) is 3.22. The summed E-state index contributed by atoms with van der Waals surface area (Å²) in [6.45, 7) is 0. The Labute approximate surface area is 151 Å². The minimum atomic E-state index is -0.484. The maximum atomic E-state index is 12.1. The van der Waals surface area contributed by atoms with Gasteiger partial charge in [-0.1, -0.05) is 6.42 Å². The van der Waals surface area contributed by atoms with Gasteiger partial charge >= 0.3 is 0 Å². The Morgan fingerprint density at radius 1 is 1.12 bits per heavy atom. The second-order valence-corrected chi connectivity index (χ2v) is 7.44. The smallest absolute Gasteiger partial charge is 0.251 e. The van der Waals surface area contributed by atoms with Crippen LogP contribution in [-0.2, 0) is 10.5 Å². The molecule has 1 spiro atoms. The molecule has 1 fully saturated rings. The molecule has 0 saturated heterocycles. The Bertz CT molecular complexity index is 738. The number of hydrogen-bond donors (Lipinski definition) is 1. The zero-order valence-electron chi connectivity index (χ0n) is 14.0. The number of anilines is 1. The van der Waals surface area contributed by atoms with Crippen LogP contribution < -0.4 is 14.8 Å².